The number of pyridine rings is 1. The molecule has 7 heteroatoms. The normalized spacial score (nSPS) is 19.2. The molecule has 0 amide bonds. The van der Waals surface area contributed by atoms with Crippen molar-refractivity contribution in [2.75, 3.05) is 20.3 Å². The molecule has 1 aliphatic carbocycles. The summed E-state index contributed by atoms with van der Waals surface area (Å²) in [6, 6.07) is 10.3. The quantitative estimate of drug-likeness (QED) is 0.483. The molecule has 172 valence electrons. The van der Waals surface area contributed by atoms with Crippen LogP contribution < -0.4 is 20.1 Å². The fraction of sp³-hybridized carbons (Fsp3) is 0.520. The van der Waals surface area contributed by atoms with Gasteiger partial charge in [-0.2, -0.15) is 0 Å². The average molecular weight is 439 g/mol. The molecule has 2 heterocycles. The highest BCUT2D eigenvalue weighted by Gasteiger charge is 2.19. The maximum absolute atomic E-state index is 6.20. The van der Waals surface area contributed by atoms with E-state index in [2.05, 4.69) is 45.7 Å². The van der Waals surface area contributed by atoms with E-state index < -0.39 is 0 Å². The molecule has 1 saturated carbocycles. The van der Waals surface area contributed by atoms with Crippen LogP contribution in [0, 0.1) is 6.92 Å². The van der Waals surface area contributed by atoms with Gasteiger partial charge in [-0.1, -0.05) is 12.1 Å². The molecule has 7 nitrogen and oxygen atoms in total. The third-order valence-corrected chi connectivity index (χ3v) is 5.92. The van der Waals surface area contributed by atoms with Crippen molar-refractivity contribution < 1.29 is 14.2 Å². The number of aromatic nitrogens is 1. The molecule has 2 aliphatic rings. The summed E-state index contributed by atoms with van der Waals surface area (Å²) in [5, 5.41) is 6.77. The van der Waals surface area contributed by atoms with Gasteiger partial charge in [0.15, 0.2) is 5.96 Å². The zero-order chi connectivity index (χ0) is 22.2. The van der Waals surface area contributed by atoms with Gasteiger partial charge in [-0.3, -0.25) is 4.99 Å². The number of hydrogen-bond acceptors (Lipinski definition) is 5. The van der Waals surface area contributed by atoms with Crippen LogP contribution in [0.2, 0.25) is 0 Å². The number of benzene rings is 1. The SMILES string of the molecule is CN=C(NCc1ccnc(OC2CCCC2)c1)NCc1ccc(C)cc1OC1CCOC1. The van der Waals surface area contributed by atoms with Gasteiger partial charge in [0, 0.05) is 44.4 Å². The minimum absolute atomic E-state index is 0.125. The number of hydrogen-bond donors (Lipinski definition) is 2. The summed E-state index contributed by atoms with van der Waals surface area (Å²) in [5.74, 6) is 2.35. The first-order valence-corrected chi connectivity index (χ1v) is 11.6. The number of guanidine groups is 1. The number of aryl methyl sites for hydroxylation is 1. The summed E-state index contributed by atoms with van der Waals surface area (Å²) in [5.41, 5.74) is 3.39. The molecule has 1 unspecified atom stereocenters. The largest absolute Gasteiger partial charge is 0.488 e. The highest BCUT2D eigenvalue weighted by molar-refractivity contribution is 5.79. The summed E-state index contributed by atoms with van der Waals surface area (Å²) < 4.78 is 17.7. The maximum Gasteiger partial charge on any atom is 0.213 e. The van der Waals surface area contributed by atoms with Crippen molar-refractivity contribution >= 4 is 5.96 Å². The number of nitrogens with zero attached hydrogens (tertiary/aromatic N) is 2. The van der Waals surface area contributed by atoms with Crippen molar-refractivity contribution in [3.05, 3.63) is 53.2 Å². The van der Waals surface area contributed by atoms with Gasteiger partial charge in [-0.05, 0) is 55.9 Å². The van der Waals surface area contributed by atoms with Gasteiger partial charge in [-0.15, -0.1) is 0 Å². The Bertz CT molecular complexity index is 906. The first-order chi connectivity index (χ1) is 15.7. The van der Waals surface area contributed by atoms with Crippen molar-refractivity contribution in [3.8, 4) is 11.6 Å². The molecule has 1 aromatic heterocycles. The molecule has 2 fully saturated rings. The van der Waals surface area contributed by atoms with Crippen LogP contribution in [0.4, 0.5) is 0 Å². The fourth-order valence-electron chi connectivity index (χ4n) is 4.09. The van der Waals surface area contributed by atoms with E-state index in [9.17, 15) is 0 Å². The highest BCUT2D eigenvalue weighted by Crippen LogP contribution is 2.24. The molecule has 0 radical (unpaired) electrons. The molecule has 2 N–H and O–H groups in total. The van der Waals surface area contributed by atoms with E-state index in [1.54, 1.807) is 13.2 Å². The Morgan fingerprint density at radius 1 is 1.06 bits per heavy atom. The molecular weight excluding hydrogens is 404 g/mol. The van der Waals surface area contributed by atoms with Gasteiger partial charge >= 0.3 is 0 Å². The van der Waals surface area contributed by atoms with Crippen LogP contribution >= 0.6 is 0 Å². The molecule has 4 rings (SSSR count). The zero-order valence-corrected chi connectivity index (χ0v) is 19.1. The Morgan fingerprint density at radius 2 is 1.91 bits per heavy atom. The predicted octanol–water partition coefficient (Wildman–Crippen LogP) is 3.74. The minimum atomic E-state index is 0.125. The summed E-state index contributed by atoms with van der Waals surface area (Å²) in [4.78, 5) is 8.73. The van der Waals surface area contributed by atoms with Crippen molar-refractivity contribution in [1.29, 1.82) is 0 Å². The lowest BCUT2D eigenvalue weighted by molar-refractivity contribution is 0.140. The van der Waals surface area contributed by atoms with E-state index in [0.717, 1.165) is 48.7 Å². The zero-order valence-electron chi connectivity index (χ0n) is 19.1. The van der Waals surface area contributed by atoms with Crippen molar-refractivity contribution in [3.63, 3.8) is 0 Å². The van der Waals surface area contributed by atoms with Crippen molar-refractivity contribution in [2.45, 2.75) is 64.3 Å². The molecule has 1 saturated heterocycles. The van der Waals surface area contributed by atoms with Crippen LogP contribution in [-0.4, -0.2) is 43.4 Å². The third kappa shape index (κ3) is 6.36. The van der Waals surface area contributed by atoms with Crippen LogP contribution in [-0.2, 0) is 17.8 Å². The number of rotatable bonds is 8. The van der Waals surface area contributed by atoms with Gasteiger partial charge in [0.2, 0.25) is 5.88 Å². The van der Waals surface area contributed by atoms with Crippen molar-refractivity contribution in [2.24, 2.45) is 4.99 Å². The van der Waals surface area contributed by atoms with Crippen LogP contribution in [0.1, 0.15) is 48.8 Å². The topological polar surface area (TPSA) is 77.0 Å². The Balaban J connectivity index is 1.31. The molecule has 1 aliphatic heterocycles. The Labute approximate surface area is 190 Å². The van der Waals surface area contributed by atoms with Crippen LogP contribution in [0.15, 0.2) is 41.5 Å². The lowest BCUT2D eigenvalue weighted by Gasteiger charge is -2.18. The van der Waals surface area contributed by atoms with E-state index in [0.29, 0.717) is 31.7 Å². The van der Waals surface area contributed by atoms with Gasteiger partial charge in [-0.25, -0.2) is 4.98 Å². The van der Waals surface area contributed by atoms with Gasteiger partial charge in [0.05, 0.1) is 13.2 Å². The Kier molecular flexibility index (Phi) is 7.82. The maximum atomic E-state index is 6.20. The van der Waals surface area contributed by atoms with Crippen LogP contribution in [0.25, 0.3) is 0 Å². The third-order valence-electron chi connectivity index (χ3n) is 5.92. The molecular formula is C25H34N4O3. The average Bonchev–Trinajstić information content (AvgIpc) is 3.50. The molecule has 1 aromatic carbocycles. The Morgan fingerprint density at radius 3 is 2.69 bits per heavy atom. The predicted molar refractivity (Wildman–Crippen MR) is 125 cm³/mol. The number of nitrogens with one attached hydrogen (secondary N) is 2. The number of aliphatic imine (C=N–C) groups is 1. The Hall–Kier alpha value is -2.80. The second-order valence-corrected chi connectivity index (χ2v) is 8.52. The van der Waals surface area contributed by atoms with Crippen LogP contribution in [0.3, 0.4) is 0 Å². The molecule has 0 spiro atoms. The van der Waals surface area contributed by atoms with Gasteiger partial charge in [0.25, 0.3) is 0 Å². The van der Waals surface area contributed by atoms with Crippen LogP contribution in [0.5, 0.6) is 11.6 Å². The smallest absolute Gasteiger partial charge is 0.213 e. The van der Waals surface area contributed by atoms with E-state index in [1.807, 2.05) is 12.1 Å². The van der Waals surface area contributed by atoms with Crippen molar-refractivity contribution in [1.82, 2.24) is 15.6 Å². The highest BCUT2D eigenvalue weighted by atomic mass is 16.5. The van der Waals surface area contributed by atoms with Gasteiger partial charge in [0.1, 0.15) is 18.0 Å². The summed E-state index contributed by atoms with van der Waals surface area (Å²) in [6.07, 6.45) is 7.91. The standard InChI is InChI=1S/C25H34N4O3/c1-18-7-8-20(23(13-18)31-22-10-12-30-17-22)16-29-25(26-2)28-15-19-9-11-27-24(14-19)32-21-5-3-4-6-21/h7-9,11,13-14,21-22H,3-6,10,12,15-17H2,1-2H3,(H2,26,28,29). The first-order valence-electron chi connectivity index (χ1n) is 11.6. The summed E-state index contributed by atoms with van der Waals surface area (Å²) in [7, 11) is 1.78. The monoisotopic (exact) mass is 438 g/mol. The minimum Gasteiger partial charge on any atom is -0.488 e. The second-order valence-electron chi connectivity index (χ2n) is 8.52. The lowest BCUT2D eigenvalue weighted by Crippen LogP contribution is -2.36. The van der Waals surface area contributed by atoms with E-state index in [4.69, 9.17) is 14.2 Å². The first kappa shape index (κ1) is 22.4. The summed E-state index contributed by atoms with van der Waals surface area (Å²) >= 11 is 0. The second kappa shape index (κ2) is 11.2. The lowest BCUT2D eigenvalue weighted by atomic mass is 10.1. The van der Waals surface area contributed by atoms with Gasteiger partial charge < -0.3 is 24.8 Å². The van der Waals surface area contributed by atoms with E-state index >= 15 is 0 Å². The molecule has 1 atom stereocenters. The fourth-order valence-corrected chi connectivity index (χ4v) is 4.09. The van der Waals surface area contributed by atoms with E-state index in [1.165, 1.54) is 18.4 Å². The molecule has 2 aromatic rings. The molecule has 32 heavy (non-hydrogen) atoms. The number of ether oxygens (including phenoxy) is 3. The van der Waals surface area contributed by atoms with E-state index in [-0.39, 0.29) is 6.10 Å². The molecule has 0 bridgehead atoms. The summed E-state index contributed by atoms with van der Waals surface area (Å²) in [6.45, 7) is 4.76.